The second-order valence-corrected chi connectivity index (χ2v) is 7.50. The van der Waals surface area contributed by atoms with Gasteiger partial charge in [-0.3, -0.25) is 4.90 Å². The smallest absolute Gasteiger partial charge is 0.0548 e. The summed E-state index contributed by atoms with van der Waals surface area (Å²) in [4.78, 5) is 2.68. The number of likely N-dealkylation sites (tertiary alicyclic amines) is 1. The molecule has 0 spiro atoms. The van der Waals surface area contributed by atoms with Gasteiger partial charge in [0.2, 0.25) is 0 Å². The van der Waals surface area contributed by atoms with Crippen LogP contribution >= 0.6 is 0 Å². The first-order chi connectivity index (χ1) is 12.8. The number of rotatable bonds is 4. The topological polar surface area (TPSA) is 13.1 Å². The minimum Gasteiger partial charge on any atom is -0.350 e. The Labute approximate surface area is 154 Å². The van der Waals surface area contributed by atoms with Crippen LogP contribution in [0.1, 0.15) is 24.4 Å². The van der Waals surface area contributed by atoms with Gasteiger partial charge in [-0.05, 0) is 55.1 Å². The minimum absolute atomic E-state index is 0.416. The third-order valence-corrected chi connectivity index (χ3v) is 5.92. The standard InChI is InChI=1S/C23H25N3/c1-24-16-20(19-9-3-5-11-22(19)24)23(25-13-6-7-14-25)17-26-15-12-18-8-2-4-10-21(18)26/h2-5,8-12,15-16,23H,6-7,13-14,17H2,1H3. The summed E-state index contributed by atoms with van der Waals surface area (Å²) in [5.74, 6) is 0. The van der Waals surface area contributed by atoms with E-state index in [-0.39, 0.29) is 0 Å². The Hall–Kier alpha value is -2.52. The molecular weight excluding hydrogens is 318 g/mol. The average Bonchev–Trinajstić information content (AvgIpc) is 3.40. The van der Waals surface area contributed by atoms with Crippen LogP contribution in [0.3, 0.4) is 0 Å². The zero-order chi connectivity index (χ0) is 17.5. The van der Waals surface area contributed by atoms with Crippen molar-refractivity contribution >= 4 is 21.8 Å². The highest BCUT2D eigenvalue weighted by molar-refractivity contribution is 5.84. The highest BCUT2D eigenvalue weighted by Gasteiger charge is 2.26. The molecule has 5 rings (SSSR count). The maximum atomic E-state index is 2.68. The Kier molecular flexibility index (Phi) is 3.83. The Morgan fingerprint density at radius 1 is 0.885 bits per heavy atom. The number of aryl methyl sites for hydroxylation is 1. The van der Waals surface area contributed by atoms with Crippen molar-refractivity contribution in [2.45, 2.75) is 25.4 Å². The number of nitrogens with zero attached hydrogens (tertiary/aromatic N) is 3. The van der Waals surface area contributed by atoms with Crippen LogP contribution in [0.25, 0.3) is 21.8 Å². The third-order valence-electron chi connectivity index (χ3n) is 5.92. The molecule has 0 bridgehead atoms. The van der Waals surface area contributed by atoms with Crippen LogP contribution in [0.15, 0.2) is 67.0 Å². The first kappa shape index (κ1) is 15.7. The molecule has 2 aromatic carbocycles. The molecule has 1 fully saturated rings. The number of hydrogen-bond acceptors (Lipinski definition) is 1. The molecule has 3 nitrogen and oxygen atoms in total. The molecule has 0 radical (unpaired) electrons. The van der Waals surface area contributed by atoms with Gasteiger partial charge in [-0.1, -0.05) is 36.4 Å². The predicted octanol–water partition coefficient (Wildman–Crippen LogP) is 4.97. The molecule has 0 aliphatic carbocycles. The zero-order valence-corrected chi connectivity index (χ0v) is 15.3. The van der Waals surface area contributed by atoms with Crippen LogP contribution in [-0.2, 0) is 13.6 Å². The van der Waals surface area contributed by atoms with E-state index in [0.29, 0.717) is 6.04 Å². The molecule has 1 atom stereocenters. The molecule has 0 saturated carbocycles. The van der Waals surface area contributed by atoms with Crippen molar-refractivity contribution < 1.29 is 0 Å². The van der Waals surface area contributed by atoms with Crippen molar-refractivity contribution in [3.63, 3.8) is 0 Å². The number of para-hydroxylation sites is 2. The lowest BCUT2D eigenvalue weighted by Crippen LogP contribution is -2.29. The van der Waals surface area contributed by atoms with E-state index in [1.165, 1.54) is 53.3 Å². The van der Waals surface area contributed by atoms with Gasteiger partial charge in [-0.2, -0.15) is 0 Å². The molecule has 26 heavy (non-hydrogen) atoms. The van der Waals surface area contributed by atoms with Crippen molar-refractivity contribution in [3.05, 3.63) is 72.6 Å². The molecule has 1 unspecified atom stereocenters. The molecule has 2 aromatic heterocycles. The van der Waals surface area contributed by atoms with Gasteiger partial charge in [0.05, 0.1) is 6.04 Å². The summed E-state index contributed by atoms with van der Waals surface area (Å²) in [7, 11) is 2.16. The lowest BCUT2D eigenvalue weighted by Gasteiger charge is -2.28. The van der Waals surface area contributed by atoms with E-state index < -0.39 is 0 Å². The van der Waals surface area contributed by atoms with E-state index in [9.17, 15) is 0 Å². The van der Waals surface area contributed by atoms with E-state index >= 15 is 0 Å². The van der Waals surface area contributed by atoms with E-state index in [4.69, 9.17) is 0 Å². The van der Waals surface area contributed by atoms with Gasteiger partial charge in [0.15, 0.2) is 0 Å². The fourth-order valence-electron chi connectivity index (χ4n) is 4.59. The first-order valence-electron chi connectivity index (χ1n) is 9.63. The van der Waals surface area contributed by atoms with Crippen molar-refractivity contribution in [1.82, 2.24) is 14.0 Å². The van der Waals surface area contributed by atoms with Crippen molar-refractivity contribution in [3.8, 4) is 0 Å². The summed E-state index contributed by atoms with van der Waals surface area (Å²) in [6, 6.07) is 20.2. The van der Waals surface area contributed by atoms with Gasteiger partial charge in [0, 0.05) is 42.4 Å². The zero-order valence-electron chi connectivity index (χ0n) is 15.3. The Morgan fingerprint density at radius 2 is 1.62 bits per heavy atom. The molecule has 3 heteroatoms. The van der Waals surface area contributed by atoms with Gasteiger partial charge in [-0.25, -0.2) is 0 Å². The highest BCUT2D eigenvalue weighted by atomic mass is 15.2. The molecule has 1 saturated heterocycles. The SMILES string of the molecule is Cn1cc(C(Cn2ccc3ccccc32)N2CCCC2)c2ccccc21. The van der Waals surface area contributed by atoms with Gasteiger partial charge in [0.1, 0.15) is 0 Å². The number of benzene rings is 2. The largest absolute Gasteiger partial charge is 0.350 e. The maximum Gasteiger partial charge on any atom is 0.0548 e. The molecule has 3 heterocycles. The van der Waals surface area contributed by atoms with E-state index in [0.717, 1.165) is 6.54 Å². The Morgan fingerprint density at radius 3 is 2.46 bits per heavy atom. The molecule has 4 aromatic rings. The van der Waals surface area contributed by atoms with Crippen LogP contribution in [0, 0.1) is 0 Å². The summed E-state index contributed by atoms with van der Waals surface area (Å²) in [6.45, 7) is 3.40. The Balaban J connectivity index is 1.61. The number of aromatic nitrogens is 2. The third kappa shape index (κ3) is 2.55. The van der Waals surface area contributed by atoms with Gasteiger partial charge >= 0.3 is 0 Å². The second-order valence-electron chi connectivity index (χ2n) is 7.50. The van der Waals surface area contributed by atoms with Gasteiger partial charge < -0.3 is 9.13 Å². The second kappa shape index (κ2) is 6.33. The molecule has 132 valence electrons. The monoisotopic (exact) mass is 343 g/mol. The van der Waals surface area contributed by atoms with E-state index in [2.05, 4.69) is 88.1 Å². The molecule has 1 aliphatic heterocycles. The quantitative estimate of drug-likeness (QED) is 0.510. The maximum absolute atomic E-state index is 2.68. The summed E-state index contributed by atoms with van der Waals surface area (Å²) in [5.41, 5.74) is 4.11. The molecule has 0 N–H and O–H groups in total. The summed E-state index contributed by atoms with van der Waals surface area (Å²) >= 11 is 0. The summed E-state index contributed by atoms with van der Waals surface area (Å²) in [6.07, 6.45) is 7.22. The van der Waals surface area contributed by atoms with Crippen molar-refractivity contribution in [1.29, 1.82) is 0 Å². The van der Waals surface area contributed by atoms with E-state index in [1.807, 2.05) is 0 Å². The summed E-state index contributed by atoms with van der Waals surface area (Å²) < 4.78 is 4.71. The number of hydrogen-bond donors (Lipinski definition) is 0. The number of fused-ring (bicyclic) bond motifs is 2. The van der Waals surface area contributed by atoms with Crippen LogP contribution < -0.4 is 0 Å². The fourth-order valence-corrected chi connectivity index (χ4v) is 4.59. The van der Waals surface area contributed by atoms with Crippen LogP contribution in [-0.4, -0.2) is 27.1 Å². The van der Waals surface area contributed by atoms with Crippen molar-refractivity contribution in [2.24, 2.45) is 7.05 Å². The summed E-state index contributed by atoms with van der Waals surface area (Å²) in [5, 5.41) is 2.72. The van der Waals surface area contributed by atoms with Gasteiger partial charge in [0.25, 0.3) is 0 Å². The molecular formula is C23H25N3. The van der Waals surface area contributed by atoms with E-state index in [1.54, 1.807) is 0 Å². The average molecular weight is 343 g/mol. The lowest BCUT2D eigenvalue weighted by atomic mass is 10.0. The molecule has 1 aliphatic rings. The normalized spacial score (nSPS) is 16.7. The fraction of sp³-hybridized carbons (Fsp3) is 0.304. The minimum atomic E-state index is 0.416. The van der Waals surface area contributed by atoms with Crippen molar-refractivity contribution in [2.75, 3.05) is 13.1 Å². The highest BCUT2D eigenvalue weighted by Crippen LogP contribution is 2.34. The molecule has 0 amide bonds. The van der Waals surface area contributed by atoms with Crippen LogP contribution in [0.4, 0.5) is 0 Å². The Bertz CT molecular complexity index is 1050. The predicted molar refractivity (Wildman–Crippen MR) is 108 cm³/mol. The van der Waals surface area contributed by atoms with Crippen LogP contribution in [0.5, 0.6) is 0 Å². The first-order valence-corrected chi connectivity index (χ1v) is 9.63. The van der Waals surface area contributed by atoms with Crippen LogP contribution in [0.2, 0.25) is 0 Å². The van der Waals surface area contributed by atoms with Gasteiger partial charge in [-0.15, -0.1) is 0 Å². The lowest BCUT2D eigenvalue weighted by molar-refractivity contribution is 0.225.